The van der Waals surface area contributed by atoms with Crippen LogP contribution in [0.5, 0.6) is 0 Å². The molecule has 1 saturated heterocycles. The summed E-state index contributed by atoms with van der Waals surface area (Å²) in [6.07, 6.45) is -0.959. The number of ether oxygens (including phenoxy) is 1. The van der Waals surface area contributed by atoms with Crippen molar-refractivity contribution in [2.75, 3.05) is 42.4 Å². The number of morpholine rings is 1. The Labute approximate surface area is 188 Å². The fourth-order valence-electron chi connectivity index (χ4n) is 2.06. The van der Waals surface area contributed by atoms with Gasteiger partial charge in [0.15, 0.2) is 0 Å². The summed E-state index contributed by atoms with van der Waals surface area (Å²) in [5.74, 6) is -0.248. The average Bonchev–Trinajstić information content (AvgIpc) is 2.51. The molecule has 0 spiro atoms. The molecule has 24 heavy (non-hydrogen) atoms. The molecule has 1 amide bonds. The van der Waals surface area contributed by atoms with Crippen LogP contribution in [0.1, 0.15) is 0 Å². The van der Waals surface area contributed by atoms with E-state index in [9.17, 15) is 17.8 Å². The number of anilines is 2. The molecule has 1 aliphatic rings. The second-order valence-electron chi connectivity index (χ2n) is 4.81. The molecule has 0 radical (unpaired) electrons. The number of carbonyl (C=O) groups is 1. The van der Waals surface area contributed by atoms with E-state index in [-0.39, 0.29) is 76.3 Å². The van der Waals surface area contributed by atoms with Gasteiger partial charge in [0.2, 0.25) is 10.4 Å². The van der Waals surface area contributed by atoms with Crippen LogP contribution in [0.15, 0.2) is 24.3 Å². The van der Waals surface area contributed by atoms with E-state index >= 15 is 0 Å². The molecule has 0 unspecified atom stereocenters. The third kappa shape index (κ3) is 7.24. The van der Waals surface area contributed by atoms with E-state index in [2.05, 4.69) is 9.50 Å². The molecule has 1 atom stereocenters. The zero-order chi connectivity index (χ0) is 16.9. The molecule has 1 fully saturated rings. The Hall–Kier alpha value is 0.246. The van der Waals surface area contributed by atoms with E-state index in [1.54, 1.807) is 29.2 Å². The van der Waals surface area contributed by atoms with Crippen molar-refractivity contribution >= 4 is 39.3 Å². The normalized spacial score (nSPS) is 16.4. The number of alkyl halides is 1. The SMILES string of the molecule is O=C1COCCN1c1ccc(NC[C@H](CCl)OS(=O)(=O)[O-])cc1.[K+]. The standard InChI is InChI=1S/C13H17ClN2O6S.K/c14-7-12(22-23(18,19)20)8-15-10-1-3-11(4-2-10)16-5-6-21-9-13(16)17;/h1-4,12,15H,5-9H2,(H,18,19,20);/q;+1/p-1/t12-;/m0./s1. The van der Waals surface area contributed by atoms with Crippen molar-refractivity contribution < 1.29 is 78.1 Å². The van der Waals surface area contributed by atoms with E-state index < -0.39 is 16.5 Å². The number of hydrogen-bond acceptors (Lipinski definition) is 7. The molecule has 0 saturated carbocycles. The predicted octanol–water partition coefficient (Wildman–Crippen LogP) is -2.45. The molecular weight excluding hydrogens is 387 g/mol. The molecule has 8 nitrogen and oxygen atoms in total. The summed E-state index contributed by atoms with van der Waals surface area (Å²) in [5.41, 5.74) is 1.42. The number of hydrogen-bond donors (Lipinski definition) is 1. The van der Waals surface area contributed by atoms with Gasteiger partial charge in [-0.15, -0.1) is 11.6 Å². The first-order valence-electron chi connectivity index (χ1n) is 6.81. The van der Waals surface area contributed by atoms with Crippen LogP contribution in [-0.4, -0.2) is 57.2 Å². The number of carbonyl (C=O) groups excluding carboxylic acids is 1. The number of rotatable bonds is 7. The van der Waals surface area contributed by atoms with Crippen molar-refractivity contribution in [1.82, 2.24) is 0 Å². The van der Waals surface area contributed by atoms with Gasteiger partial charge in [-0.1, -0.05) is 0 Å². The van der Waals surface area contributed by atoms with Gasteiger partial charge in [0, 0.05) is 24.5 Å². The molecule has 1 N–H and O–H groups in total. The summed E-state index contributed by atoms with van der Waals surface area (Å²) >= 11 is 5.56. The van der Waals surface area contributed by atoms with Gasteiger partial charge < -0.3 is 19.5 Å². The van der Waals surface area contributed by atoms with Gasteiger partial charge >= 0.3 is 51.4 Å². The van der Waals surface area contributed by atoms with E-state index in [0.29, 0.717) is 18.8 Å². The maximum Gasteiger partial charge on any atom is 1.00 e. The van der Waals surface area contributed by atoms with Crippen LogP contribution in [0.3, 0.4) is 0 Å². The van der Waals surface area contributed by atoms with E-state index in [1.807, 2.05) is 0 Å². The summed E-state index contributed by atoms with van der Waals surface area (Å²) < 4.78 is 41.0. The van der Waals surface area contributed by atoms with Crippen molar-refractivity contribution in [2.24, 2.45) is 0 Å². The Morgan fingerprint density at radius 3 is 2.58 bits per heavy atom. The number of nitrogens with zero attached hydrogens (tertiary/aromatic N) is 1. The Morgan fingerprint density at radius 2 is 2.04 bits per heavy atom. The van der Waals surface area contributed by atoms with Gasteiger partial charge in [-0.25, -0.2) is 8.42 Å². The molecule has 1 heterocycles. The largest absolute Gasteiger partial charge is 1.00 e. The summed E-state index contributed by atoms with van der Waals surface area (Å²) in [5, 5.41) is 2.92. The topological polar surface area (TPSA) is 108 Å². The third-order valence-corrected chi connectivity index (χ3v) is 3.98. The van der Waals surface area contributed by atoms with Gasteiger partial charge in [-0.3, -0.25) is 8.98 Å². The summed E-state index contributed by atoms with van der Waals surface area (Å²) in [6.45, 7) is 1.11. The van der Waals surface area contributed by atoms with Crippen LogP contribution in [-0.2, 0) is 24.1 Å². The minimum Gasteiger partial charge on any atom is -0.726 e. The Morgan fingerprint density at radius 1 is 1.38 bits per heavy atom. The Balaban J connectivity index is 0.00000288. The van der Waals surface area contributed by atoms with Crippen molar-refractivity contribution in [2.45, 2.75) is 6.10 Å². The molecule has 0 bridgehead atoms. The molecule has 1 aromatic rings. The second-order valence-corrected chi connectivity index (χ2v) is 6.12. The molecule has 128 valence electrons. The summed E-state index contributed by atoms with van der Waals surface area (Å²) in [7, 11) is -4.80. The number of amides is 1. The zero-order valence-corrected chi connectivity index (χ0v) is 17.8. The molecule has 11 heteroatoms. The molecular formula is C13H16ClKN2O6S. The van der Waals surface area contributed by atoms with Gasteiger partial charge in [-0.05, 0) is 24.3 Å². The van der Waals surface area contributed by atoms with E-state index in [0.717, 1.165) is 5.69 Å². The summed E-state index contributed by atoms with van der Waals surface area (Å²) in [4.78, 5) is 13.4. The van der Waals surface area contributed by atoms with Crippen LogP contribution in [0.25, 0.3) is 0 Å². The fraction of sp³-hybridized carbons (Fsp3) is 0.462. The minimum absolute atomic E-state index is 0. The van der Waals surface area contributed by atoms with Crippen LogP contribution < -0.4 is 61.6 Å². The maximum absolute atomic E-state index is 11.7. The van der Waals surface area contributed by atoms with E-state index in [4.69, 9.17) is 16.3 Å². The zero-order valence-electron chi connectivity index (χ0n) is 13.1. The monoisotopic (exact) mass is 402 g/mol. The molecule has 1 aromatic carbocycles. The van der Waals surface area contributed by atoms with Gasteiger partial charge in [0.25, 0.3) is 5.91 Å². The quantitative estimate of drug-likeness (QED) is 0.233. The molecule has 0 aromatic heterocycles. The van der Waals surface area contributed by atoms with Crippen LogP contribution in [0.2, 0.25) is 0 Å². The Kier molecular flexibility index (Phi) is 9.67. The van der Waals surface area contributed by atoms with Crippen molar-refractivity contribution in [3.05, 3.63) is 24.3 Å². The average molecular weight is 403 g/mol. The van der Waals surface area contributed by atoms with Gasteiger partial charge in [-0.2, -0.15) is 0 Å². The molecule has 1 aliphatic heterocycles. The summed E-state index contributed by atoms with van der Waals surface area (Å²) in [6, 6.07) is 6.98. The molecule has 0 aliphatic carbocycles. The van der Waals surface area contributed by atoms with Crippen LogP contribution in [0, 0.1) is 0 Å². The van der Waals surface area contributed by atoms with Crippen molar-refractivity contribution in [3.63, 3.8) is 0 Å². The first-order chi connectivity index (χ1) is 10.9. The number of nitrogens with one attached hydrogen (secondary N) is 1. The smallest absolute Gasteiger partial charge is 0.726 e. The van der Waals surface area contributed by atoms with Crippen LogP contribution in [0.4, 0.5) is 11.4 Å². The minimum atomic E-state index is -4.80. The van der Waals surface area contributed by atoms with Crippen molar-refractivity contribution in [1.29, 1.82) is 0 Å². The number of benzene rings is 1. The predicted molar refractivity (Wildman–Crippen MR) is 83.4 cm³/mol. The Bertz CT molecular complexity index is 642. The fourth-order valence-corrected chi connectivity index (χ4v) is 2.78. The number of halogens is 1. The van der Waals surface area contributed by atoms with E-state index in [1.165, 1.54) is 0 Å². The van der Waals surface area contributed by atoms with Gasteiger partial charge in [0.1, 0.15) is 12.7 Å². The van der Waals surface area contributed by atoms with Gasteiger partial charge in [0.05, 0.1) is 12.5 Å². The van der Waals surface area contributed by atoms with Crippen LogP contribution >= 0.6 is 11.6 Å². The first kappa shape index (κ1) is 22.3. The first-order valence-corrected chi connectivity index (χ1v) is 8.68. The molecule has 2 rings (SSSR count). The third-order valence-electron chi connectivity index (χ3n) is 3.12. The van der Waals surface area contributed by atoms with Crippen molar-refractivity contribution in [3.8, 4) is 0 Å². The maximum atomic E-state index is 11.7. The second kappa shape index (κ2) is 10.4.